The van der Waals surface area contributed by atoms with Crippen molar-refractivity contribution in [2.45, 2.75) is 6.10 Å². The fourth-order valence-corrected chi connectivity index (χ4v) is 2.73. The number of esters is 1. The van der Waals surface area contributed by atoms with Crippen molar-refractivity contribution in [3.8, 4) is 6.07 Å². The van der Waals surface area contributed by atoms with Gasteiger partial charge in [0.15, 0.2) is 0 Å². The Morgan fingerprint density at radius 2 is 1.81 bits per heavy atom. The first kappa shape index (κ1) is 17.6. The van der Waals surface area contributed by atoms with Gasteiger partial charge in [0.05, 0.1) is 30.4 Å². The van der Waals surface area contributed by atoms with Crippen LogP contribution in [0.4, 0.5) is 0 Å². The maximum absolute atomic E-state index is 12.9. The molecule has 1 saturated heterocycles. The van der Waals surface area contributed by atoms with E-state index >= 15 is 0 Å². The molecule has 1 heterocycles. The third-order valence-corrected chi connectivity index (χ3v) is 4.10. The molecule has 2 aromatic carbocycles. The maximum Gasteiger partial charge on any atom is 0.339 e. The van der Waals surface area contributed by atoms with Crippen LogP contribution in [0.3, 0.4) is 0 Å². The maximum atomic E-state index is 12.9. The number of carbonyl (C=O) groups excluding carboxylic acids is 2. The molecule has 1 amide bonds. The Hall–Kier alpha value is -3.17. The molecule has 0 saturated carbocycles. The molecule has 0 spiro atoms. The van der Waals surface area contributed by atoms with E-state index in [-0.39, 0.29) is 11.5 Å². The van der Waals surface area contributed by atoms with Crippen molar-refractivity contribution in [2.75, 3.05) is 26.3 Å². The number of nitrogens with zero attached hydrogens (tertiary/aromatic N) is 2. The van der Waals surface area contributed by atoms with Gasteiger partial charge in [0.2, 0.25) is 6.10 Å². The topological polar surface area (TPSA) is 79.6 Å². The molecule has 1 fully saturated rings. The molecule has 0 unspecified atom stereocenters. The van der Waals surface area contributed by atoms with Crippen LogP contribution in [0.1, 0.15) is 27.6 Å². The molecule has 0 N–H and O–H groups in total. The second kappa shape index (κ2) is 8.28. The Morgan fingerprint density at radius 3 is 2.50 bits per heavy atom. The van der Waals surface area contributed by atoms with Crippen molar-refractivity contribution in [2.24, 2.45) is 0 Å². The first-order chi connectivity index (χ1) is 12.7. The normalized spacial score (nSPS) is 15.0. The van der Waals surface area contributed by atoms with E-state index in [9.17, 15) is 9.59 Å². The highest BCUT2D eigenvalue weighted by Crippen LogP contribution is 2.23. The van der Waals surface area contributed by atoms with Crippen LogP contribution in [0.25, 0.3) is 0 Å². The Bertz CT molecular complexity index is 823. The van der Waals surface area contributed by atoms with Gasteiger partial charge in [-0.25, -0.2) is 4.79 Å². The molecule has 3 rings (SSSR count). The standard InChI is InChI=1S/C20H18N2O4/c21-14-15-5-4-8-17(13-15)20(24)26-18(16-6-2-1-3-7-16)19(23)22-9-11-25-12-10-22/h1-8,13,18H,9-12H2/t18-/m1/s1. The van der Waals surface area contributed by atoms with Crippen LogP contribution in [-0.4, -0.2) is 43.1 Å². The summed E-state index contributed by atoms with van der Waals surface area (Å²) in [4.78, 5) is 27.1. The number of ether oxygens (including phenoxy) is 2. The SMILES string of the molecule is N#Cc1cccc(C(=O)O[C@@H](C(=O)N2CCOCC2)c2ccccc2)c1. The van der Waals surface area contributed by atoms with Gasteiger partial charge in [0.25, 0.3) is 5.91 Å². The van der Waals surface area contributed by atoms with Gasteiger partial charge in [-0.15, -0.1) is 0 Å². The lowest BCUT2D eigenvalue weighted by atomic mass is 10.1. The highest BCUT2D eigenvalue weighted by Gasteiger charge is 2.30. The second-order valence-corrected chi connectivity index (χ2v) is 5.83. The molecule has 1 aliphatic rings. The molecule has 0 aromatic heterocycles. The number of nitriles is 1. The Labute approximate surface area is 151 Å². The van der Waals surface area contributed by atoms with Crippen molar-refractivity contribution in [1.82, 2.24) is 4.90 Å². The molecule has 26 heavy (non-hydrogen) atoms. The van der Waals surface area contributed by atoms with Gasteiger partial charge in [-0.1, -0.05) is 36.4 Å². The molecule has 6 nitrogen and oxygen atoms in total. The molecule has 1 aliphatic heterocycles. The van der Waals surface area contributed by atoms with Crippen LogP contribution in [0.5, 0.6) is 0 Å². The van der Waals surface area contributed by atoms with E-state index in [1.807, 2.05) is 12.1 Å². The number of hydrogen-bond acceptors (Lipinski definition) is 5. The number of amides is 1. The summed E-state index contributed by atoms with van der Waals surface area (Å²) in [6, 6.07) is 17.1. The highest BCUT2D eigenvalue weighted by molar-refractivity contribution is 5.93. The molecule has 0 bridgehead atoms. The van der Waals surface area contributed by atoms with Gasteiger partial charge in [-0.3, -0.25) is 4.79 Å². The van der Waals surface area contributed by atoms with E-state index in [1.54, 1.807) is 47.4 Å². The van der Waals surface area contributed by atoms with E-state index in [0.717, 1.165) is 0 Å². The first-order valence-electron chi connectivity index (χ1n) is 8.31. The summed E-state index contributed by atoms with van der Waals surface area (Å²) in [6.07, 6.45) is -1.03. The number of morpholine rings is 1. The number of benzene rings is 2. The van der Waals surface area contributed by atoms with Crippen molar-refractivity contribution in [3.63, 3.8) is 0 Å². The minimum Gasteiger partial charge on any atom is -0.444 e. The average molecular weight is 350 g/mol. The quantitative estimate of drug-likeness (QED) is 0.791. The number of carbonyl (C=O) groups is 2. The summed E-state index contributed by atoms with van der Waals surface area (Å²) in [5.41, 5.74) is 1.20. The predicted octanol–water partition coefficient (Wildman–Crippen LogP) is 2.32. The third-order valence-electron chi connectivity index (χ3n) is 4.10. The third kappa shape index (κ3) is 4.08. The lowest BCUT2D eigenvalue weighted by molar-refractivity contribution is -0.145. The number of rotatable bonds is 4. The lowest BCUT2D eigenvalue weighted by Crippen LogP contribution is -2.44. The largest absolute Gasteiger partial charge is 0.444 e. The van der Waals surface area contributed by atoms with Crippen LogP contribution < -0.4 is 0 Å². The van der Waals surface area contributed by atoms with E-state index in [2.05, 4.69) is 0 Å². The highest BCUT2D eigenvalue weighted by atomic mass is 16.5. The summed E-state index contributed by atoms with van der Waals surface area (Å²) in [6.45, 7) is 1.85. The van der Waals surface area contributed by atoms with E-state index in [4.69, 9.17) is 14.7 Å². The van der Waals surface area contributed by atoms with Gasteiger partial charge in [-0.2, -0.15) is 5.26 Å². The Balaban J connectivity index is 1.84. The zero-order valence-corrected chi connectivity index (χ0v) is 14.1. The fraction of sp³-hybridized carbons (Fsp3) is 0.250. The minimum absolute atomic E-state index is 0.236. The van der Waals surface area contributed by atoms with Crippen LogP contribution >= 0.6 is 0 Å². The van der Waals surface area contributed by atoms with Gasteiger partial charge in [0, 0.05) is 18.7 Å². The Kier molecular flexibility index (Phi) is 5.62. The van der Waals surface area contributed by atoms with Crippen LogP contribution in [-0.2, 0) is 14.3 Å². The predicted molar refractivity (Wildman–Crippen MR) is 93.2 cm³/mol. The average Bonchev–Trinajstić information content (AvgIpc) is 2.72. The molecule has 2 aromatic rings. The van der Waals surface area contributed by atoms with Crippen molar-refractivity contribution >= 4 is 11.9 Å². The second-order valence-electron chi connectivity index (χ2n) is 5.83. The molecule has 1 atom stereocenters. The first-order valence-corrected chi connectivity index (χ1v) is 8.31. The number of hydrogen-bond donors (Lipinski definition) is 0. The monoisotopic (exact) mass is 350 g/mol. The summed E-state index contributed by atoms with van der Waals surface area (Å²) >= 11 is 0. The Morgan fingerprint density at radius 1 is 1.08 bits per heavy atom. The van der Waals surface area contributed by atoms with Gasteiger partial charge in [-0.05, 0) is 18.2 Å². The molecule has 0 radical (unpaired) electrons. The van der Waals surface area contributed by atoms with E-state index in [0.29, 0.717) is 37.4 Å². The minimum atomic E-state index is -1.03. The van der Waals surface area contributed by atoms with Crippen LogP contribution in [0.2, 0.25) is 0 Å². The molecular weight excluding hydrogens is 332 g/mol. The van der Waals surface area contributed by atoms with Gasteiger partial charge < -0.3 is 14.4 Å². The summed E-state index contributed by atoms with van der Waals surface area (Å²) in [5.74, 6) is -0.915. The van der Waals surface area contributed by atoms with Crippen molar-refractivity contribution in [1.29, 1.82) is 5.26 Å². The zero-order chi connectivity index (χ0) is 18.4. The summed E-state index contributed by atoms with van der Waals surface area (Å²) < 4.78 is 10.8. The molecule has 6 heteroatoms. The molecular formula is C20H18N2O4. The molecule has 0 aliphatic carbocycles. The van der Waals surface area contributed by atoms with E-state index < -0.39 is 12.1 Å². The van der Waals surface area contributed by atoms with Gasteiger partial charge in [0.1, 0.15) is 0 Å². The van der Waals surface area contributed by atoms with E-state index in [1.165, 1.54) is 6.07 Å². The summed E-state index contributed by atoms with van der Waals surface area (Å²) in [5, 5.41) is 8.99. The fourth-order valence-electron chi connectivity index (χ4n) is 2.73. The van der Waals surface area contributed by atoms with Crippen LogP contribution in [0, 0.1) is 11.3 Å². The van der Waals surface area contributed by atoms with Crippen molar-refractivity contribution in [3.05, 3.63) is 71.3 Å². The van der Waals surface area contributed by atoms with Gasteiger partial charge >= 0.3 is 5.97 Å². The van der Waals surface area contributed by atoms with Crippen LogP contribution in [0.15, 0.2) is 54.6 Å². The zero-order valence-electron chi connectivity index (χ0n) is 14.1. The smallest absolute Gasteiger partial charge is 0.339 e. The molecule has 132 valence electrons. The lowest BCUT2D eigenvalue weighted by Gasteiger charge is -2.30. The summed E-state index contributed by atoms with van der Waals surface area (Å²) in [7, 11) is 0. The van der Waals surface area contributed by atoms with Crippen molar-refractivity contribution < 1.29 is 19.1 Å².